The normalized spacial score (nSPS) is 46.8. The van der Waals surface area contributed by atoms with Crippen LogP contribution in [0.5, 0.6) is 0 Å². The summed E-state index contributed by atoms with van der Waals surface area (Å²) in [5.74, 6) is 3.67. The molecule has 0 aliphatic heterocycles. The summed E-state index contributed by atoms with van der Waals surface area (Å²) in [6, 6.07) is 0. The van der Waals surface area contributed by atoms with Crippen molar-refractivity contribution in [3.05, 3.63) is 11.6 Å². The smallest absolute Gasteiger partial charge is 0.157 e. The van der Waals surface area contributed by atoms with Crippen molar-refractivity contribution in [3.63, 3.8) is 0 Å². The molecule has 142 valence electrons. The molecule has 0 amide bonds. The Kier molecular flexibility index (Phi) is 4.96. The van der Waals surface area contributed by atoms with Crippen LogP contribution in [0.15, 0.2) is 11.6 Å². The van der Waals surface area contributed by atoms with E-state index in [0.29, 0.717) is 24.0 Å². The fourth-order valence-electron chi connectivity index (χ4n) is 6.32. The van der Waals surface area contributed by atoms with Crippen LogP contribution in [0.3, 0.4) is 0 Å². The van der Waals surface area contributed by atoms with Gasteiger partial charge in [-0.2, -0.15) is 0 Å². The molecule has 0 bridgehead atoms. The second kappa shape index (κ2) is 6.49. The zero-order valence-electron chi connectivity index (χ0n) is 17.1. The van der Waals surface area contributed by atoms with Crippen LogP contribution in [-0.2, 0) is 14.3 Å². The molecule has 2 fully saturated rings. The number of hydrogen-bond acceptors (Lipinski definition) is 3. The van der Waals surface area contributed by atoms with Crippen molar-refractivity contribution in [2.24, 2.45) is 40.4 Å². The van der Waals surface area contributed by atoms with E-state index in [4.69, 9.17) is 9.47 Å². The summed E-state index contributed by atoms with van der Waals surface area (Å²) in [5.41, 5.74) is 1.45. The third kappa shape index (κ3) is 3.02. The first-order valence-electron chi connectivity index (χ1n) is 9.94. The van der Waals surface area contributed by atoms with Crippen LogP contribution in [0.25, 0.3) is 0 Å². The molecule has 0 radical (unpaired) electrons. The number of ketones is 1. The van der Waals surface area contributed by atoms with E-state index in [1.807, 2.05) is 6.08 Å². The number of rotatable bonds is 5. The predicted molar refractivity (Wildman–Crippen MR) is 100 cm³/mol. The predicted octanol–water partition coefficient (Wildman–Crippen LogP) is 4.86. The molecule has 25 heavy (non-hydrogen) atoms. The molecular weight excluding hydrogens is 312 g/mol. The summed E-state index contributed by atoms with van der Waals surface area (Å²) < 4.78 is 11.2. The average molecular weight is 349 g/mol. The number of carbonyl (C=O) groups excluding carboxylic acids is 1. The third-order valence-corrected chi connectivity index (χ3v) is 8.44. The summed E-state index contributed by atoms with van der Waals surface area (Å²) in [7, 11) is 3.45. The largest absolute Gasteiger partial charge is 0.356 e. The fraction of sp³-hybridized carbons (Fsp3) is 0.864. The summed E-state index contributed by atoms with van der Waals surface area (Å²) in [6.07, 6.45) is 5.84. The molecule has 3 rings (SSSR count). The highest BCUT2D eigenvalue weighted by Gasteiger charge is 2.61. The summed E-state index contributed by atoms with van der Waals surface area (Å²) >= 11 is 0. The summed E-state index contributed by atoms with van der Waals surface area (Å²) in [5, 5.41) is 0. The minimum absolute atomic E-state index is 0.0435. The Balaban J connectivity index is 2.02. The van der Waals surface area contributed by atoms with Gasteiger partial charge in [0.05, 0.1) is 0 Å². The molecule has 3 unspecified atom stereocenters. The van der Waals surface area contributed by atoms with Gasteiger partial charge >= 0.3 is 0 Å². The molecular formula is C22H36O3. The topological polar surface area (TPSA) is 35.5 Å². The number of fused-ring (bicyclic) bond motifs is 1. The van der Waals surface area contributed by atoms with Crippen molar-refractivity contribution >= 4 is 5.78 Å². The van der Waals surface area contributed by atoms with Gasteiger partial charge in [-0.25, -0.2) is 0 Å². The Bertz CT molecular complexity index is 564. The Labute approximate surface area is 153 Å². The molecule has 0 saturated heterocycles. The standard InChI is InChI=1S/C22H36O3/c1-13-8-17(13)18-11-21(4)14(2)9-16(23)10-19(21)22(5,15(18)3)12-20(24-6)25-7/h9,13,15,17-20H,8,10-12H2,1-7H3/t13?,15-,17?,18?,19+,21+,22+/m1/s1. The van der Waals surface area contributed by atoms with Crippen LogP contribution in [-0.4, -0.2) is 26.3 Å². The number of hydrogen-bond donors (Lipinski definition) is 0. The first-order chi connectivity index (χ1) is 11.7. The maximum absolute atomic E-state index is 12.4. The summed E-state index contributed by atoms with van der Waals surface area (Å²) in [4.78, 5) is 12.4. The van der Waals surface area contributed by atoms with E-state index in [9.17, 15) is 4.79 Å². The lowest BCUT2D eigenvalue weighted by Gasteiger charge is -2.61. The molecule has 0 heterocycles. The van der Waals surface area contributed by atoms with E-state index in [-0.39, 0.29) is 17.1 Å². The molecule has 0 spiro atoms. The van der Waals surface area contributed by atoms with Gasteiger partial charge in [-0.05, 0) is 66.3 Å². The second-order valence-electron chi connectivity index (χ2n) is 9.61. The van der Waals surface area contributed by atoms with E-state index >= 15 is 0 Å². The van der Waals surface area contributed by atoms with Gasteiger partial charge in [-0.1, -0.05) is 33.3 Å². The van der Waals surface area contributed by atoms with E-state index in [1.165, 1.54) is 18.4 Å². The Morgan fingerprint density at radius 1 is 1.20 bits per heavy atom. The molecule has 0 aromatic rings. The Hall–Kier alpha value is -0.670. The van der Waals surface area contributed by atoms with Crippen LogP contribution in [0, 0.1) is 40.4 Å². The van der Waals surface area contributed by atoms with Crippen LogP contribution in [0.4, 0.5) is 0 Å². The van der Waals surface area contributed by atoms with Gasteiger partial charge in [0.15, 0.2) is 12.1 Å². The quantitative estimate of drug-likeness (QED) is 0.666. The van der Waals surface area contributed by atoms with E-state index in [1.54, 1.807) is 14.2 Å². The van der Waals surface area contributed by atoms with Gasteiger partial charge in [0.2, 0.25) is 0 Å². The lowest BCUT2D eigenvalue weighted by atomic mass is 9.44. The van der Waals surface area contributed by atoms with Gasteiger partial charge in [-0.15, -0.1) is 0 Å². The Morgan fingerprint density at radius 2 is 1.80 bits per heavy atom. The number of allylic oxidation sites excluding steroid dienone is 2. The lowest BCUT2D eigenvalue weighted by Crippen LogP contribution is -2.55. The van der Waals surface area contributed by atoms with E-state index < -0.39 is 0 Å². The van der Waals surface area contributed by atoms with Gasteiger partial charge in [0, 0.05) is 27.1 Å². The minimum Gasteiger partial charge on any atom is -0.356 e. The van der Waals surface area contributed by atoms with Gasteiger partial charge < -0.3 is 9.47 Å². The maximum Gasteiger partial charge on any atom is 0.157 e. The van der Waals surface area contributed by atoms with Gasteiger partial charge in [0.1, 0.15) is 0 Å². The fourth-order valence-corrected chi connectivity index (χ4v) is 6.32. The van der Waals surface area contributed by atoms with Crippen LogP contribution >= 0.6 is 0 Å². The van der Waals surface area contributed by atoms with Crippen LogP contribution < -0.4 is 0 Å². The summed E-state index contributed by atoms with van der Waals surface area (Å²) in [6.45, 7) is 11.8. The first-order valence-corrected chi connectivity index (χ1v) is 9.94. The molecule has 3 aliphatic carbocycles. The lowest BCUT2D eigenvalue weighted by molar-refractivity contribution is -0.171. The molecule has 7 atom stereocenters. The second-order valence-corrected chi connectivity index (χ2v) is 9.61. The van der Waals surface area contributed by atoms with Gasteiger partial charge in [0.25, 0.3) is 0 Å². The van der Waals surface area contributed by atoms with E-state index in [0.717, 1.165) is 24.2 Å². The molecule has 3 nitrogen and oxygen atoms in total. The van der Waals surface area contributed by atoms with Crippen LogP contribution in [0.1, 0.15) is 60.3 Å². The van der Waals surface area contributed by atoms with Crippen LogP contribution in [0.2, 0.25) is 0 Å². The SMILES string of the molecule is COC(C[C@@]1(C)[C@H](C)C(C2CC2C)C[C@@]2(C)C(C)=CC(=O)C[C@H]12)OC. The molecule has 2 saturated carbocycles. The number of carbonyl (C=O) groups is 1. The third-order valence-electron chi connectivity index (χ3n) is 8.44. The zero-order chi connectivity index (χ0) is 18.6. The van der Waals surface area contributed by atoms with Crippen molar-refractivity contribution in [2.75, 3.05) is 14.2 Å². The van der Waals surface area contributed by atoms with Crippen molar-refractivity contribution in [3.8, 4) is 0 Å². The van der Waals surface area contributed by atoms with Crippen molar-refractivity contribution in [2.45, 2.75) is 66.6 Å². The highest BCUT2D eigenvalue weighted by molar-refractivity contribution is 5.92. The average Bonchev–Trinajstić information content (AvgIpc) is 3.28. The number of methoxy groups -OCH3 is 2. The zero-order valence-corrected chi connectivity index (χ0v) is 17.1. The maximum atomic E-state index is 12.4. The van der Waals surface area contributed by atoms with Crippen molar-refractivity contribution < 1.29 is 14.3 Å². The van der Waals surface area contributed by atoms with Crippen molar-refractivity contribution in [1.82, 2.24) is 0 Å². The first kappa shape index (κ1) is 19.1. The highest BCUT2D eigenvalue weighted by Crippen LogP contribution is 2.67. The minimum atomic E-state index is -0.201. The molecule has 0 aromatic heterocycles. The Morgan fingerprint density at radius 3 is 2.32 bits per heavy atom. The van der Waals surface area contributed by atoms with Gasteiger partial charge in [-0.3, -0.25) is 4.79 Å². The monoisotopic (exact) mass is 348 g/mol. The number of ether oxygens (including phenoxy) is 2. The van der Waals surface area contributed by atoms with E-state index in [2.05, 4.69) is 34.6 Å². The molecule has 3 aliphatic rings. The van der Waals surface area contributed by atoms with Crippen molar-refractivity contribution in [1.29, 1.82) is 0 Å². The molecule has 0 N–H and O–H groups in total. The molecule has 3 heteroatoms. The highest BCUT2D eigenvalue weighted by atomic mass is 16.7. The molecule has 0 aromatic carbocycles.